The van der Waals surface area contributed by atoms with Crippen LogP contribution in [0.2, 0.25) is 0 Å². The minimum Gasteiger partial charge on any atom is -0.504 e. The van der Waals surface area contributed by atoms with Crippen molar-refractivity contribution in [3.05, 3.63) is 59.7 Å². The van der Waals surface area contributed by atoms with Crippen LogP contribution in [0.25, 0.3) is 0 Å². The first kappa shape index (κ1) is 26.7. The molecule has 2 aromatic rings. The third-order valence-corrected chi connectivity index (χ3v) is 4.27. The third-order valence-electron chi connectivity index (χ3n) is 4.27. The van der Waals surface area contributed by atoms with E-state index in [1.807, 2.05) is 30.3 Å². The van der Waals surface area contributed by atoms with Gasteiger partial charge in [0.25, 0.3) is 5.91 Å². The first-order chi connectivity index (χ1) is 15.7. The van der Waals surface area contributed by atoms with E-state index in [0.717, 1.165) is 5.56 Å². The molecule has 0 aliphatic rings. The zero-order valence-electron chi connectivity index (χ0n) is 20.5. The molecule has 34 heavy (non-hydrogen) atoms. The van der Waals surface area contributed by atoms with Crippen LogP contribution in [-0.2, 0) is 25.7 Å². The van der Waals surface area contributed by atoms with Gasteiger partial charge >= 0.3 is 11.9 Å². The minimum absolute atomic E-state index is 0.108. The summed E-state index contributed by atoms with van der Waals surface area (Å²) in [4.78, 5) is 38.0. The van der Waals surface area contributed by atoms with Gasteiger partial charge in [-0.05, 0) is 59.2 Å². The van der Waals surface area contributed by atoms with E-state index >= 15 is 0 Å². The van der Waals surface area contributed by atoms with Gasteiger partial charge in [-0.25, -0.2) is 4.79 Å². The molecule has 0 saturated heterocycles. The molecule has 1 atom stereocenters. The molecule has 0 bridgehead atoms. The quantitative estimate of drug-likeness (QED) is 0.557. The van der Waals surface area contributed by atoms with Gasteiger partial charge in [-0.1, -0.05) is 36.4 Å². The highest BCUT2D eigenvalue weighted by molar-refractivity contribution is 6.00. The van der Waals surface area contributed by atoms with Gasteiger partial charge in [-0.15, -0.1) is 0 Å². The van der Waals surface area contributed by atoms with Crippen LogP contribution in [0.1, 0.15) is 63.9 Å². The Morgan fingerprint density at radius 3 is 2.09 bits per heavy atom. The fourth-order valence-corrected chi connectivity index (χ4v) is 2.91. The Morgan fingerprint density at radius 2 is 1.50 bits per heavy atom. The van der Waals surface area contributed by atoms with Crippen LogP contribution in [0.3, 0.4) is 0 Å². The topological polar surface area (TPSA) is 111 Å². The van der Waals surface area contributed by atoms with Gasteiger partial charge in [0.2, 0.25) is 0 Å². The summed E-state index contributed by atoms with van der Waals surface area (Å²) in [5.74, 6) is -2.49. The molecule has 0 radical (unpaired) electrons. The number of phenols is 1. The van der Waals surface area contributed by atoms with Gasteiger partial charge in [-0.3, -0.25) is 9.59 Å². The maximum absolute atomic E-state index is 13.0. The molecular formula is C26H33NO7. The first-order valence-electron chi connectivity index (χ1n) is 11.0. The number of benzene rings is 2. The number of carbonyl (C=O) groups excluding carboxylic acids is 3. The first-order valence-corrected chi connectivity index (χ1v) is 11.0. The summed E-state index contributed by atoms with van der Waals surface area (Å²) in [6, 6.07) is 12.5. The standard InChI is InChI=1S/C26H33NO7/c1-25(2,3)33-21(28)15-19(24(31)34-26(4,5)6)27-23(30)18-13-10-14-20(22(18)29)32-16-17-11-8-7-9-12-17/h7-14,19,29H,15-16H2,1-6H3,(H,27,30)/t19-/m0/s1. The lowest BCUT2D eigenvalue weighted by Gasteiger charge is -2.26. The van der Waals surface area contributed by atoms with Gasteiger partial charge in [0.1, 0.15) is 23.9 Å². The number of esters is 2. The third kappa shape index (κ3) is 8.77. The van der Waals surface area contributed by atoms with Crippen molar-refractivity contribution in [2.24, 2.45) is 0 Å². The molecule has 0 aliphatic heterocycles. The molecule has 2 N–H and O–H groups in total. The number of phenolic OH excluding ortho intramolecular Hbond substituents is 1. The van der Waals surface area contributed by atoms with E-state index in [0.29, 0.717) is 0 Å². The summed E-state index contributed by atoms with van der Waals surface area (Å²) in [7, 11) is 0. The minimum atomic E-state index is -1.31. The van der Waals surface area contributed by atoms with Crippen molar-refractivity contribution in [1.82, 2.24) is 5.32 Å². The van der Waals surface area contributed by atoms with Crippen LogP contribution in [0, 0.1) is 0 Å². The van der Waals surface area contributed by atoms with Crippen molar-refractivity contribution in [3.63, 3.8) is 0 Å². The van der Waals surface area contributed by atoms with Crippen LogP contribution in [0.5, 0.6) is 11.5 Å². The number of para-hydroxylation sites is 1. The van der Waals surface area contributed by atoms with Crippen LogP contribution < -0.4 is 10.1 Å². The maximum Gasteiger partial charge on any atom is 0.329 e. The molecule has 8 heteroatoms. The van der Waals surface area contributed by atoms with Crippen LogP contribution in [-0.4, -0.2) is 40.2 Å². The Hall–Kier alpha value is -3.55. The fraction of sp³-hybridized carbons (Fsp3) is 0.423. The molecule has 2 aromatic carbocycles. The summed E-state index contributed by atoms with van der Waals surface area (Å²) in [6.45, 7) is 10.3. The van der Waals surface area contributed by atoms with Gasteiger partial charge < -0.3 is 24.6 Å². The zero-order valence-corrected chi connectivity index (χ0v) is 20.5. The SMILES string of the molecule is CC(C)(C)OC(=O)C[C@H](NC(=O)c1cccc(OCc2ccccc2)c1O)C(=O)OC(C)(C)C. The summed E-state index contributed by atoms with van der Waals surface area (Å²) >= 11 is 0. The van der Waals surface area contributed by atoms with E-state index in [-0.39, 0.29) is 23.7 Å². The Kier molecular flexibility index (Phi) is 8.68. The number of hydrogen-bond donors (Lipinski definition) is 2. The highest BCUT2D eigenvalue weighted by Crippen LogP contribution is 2.30. The molecule has 1 amide bonds. The summed E-state index contributed by atoms with van der Waals surface area (Å²) in [5.41, 5.74) is -0.814. The van der Waals surface area contributed by atoms with Gasteiger partial charge in [-0.2, -0.15) is 0 Å². The molecule has 0 saturated carbocycles. The average molecular weight is 472 g/mol. The van der Waals surface area contributed by atoms with Crippen LogP contribution in [0.4, 0.5) is 0 Å². The summed E-state index contributed by atoms with van der Waals surface area (Å²) in [6.07, 6.45) is -0.428. The molecule has 0 aromatic heterocycles. The lowest BCUT2D eigenvalue weighted by molar-refractivity contribution is -0.164. The van der Waals surface area contributed by atoms with Crippen molar-refractivity contribution in [1.29, 1.82) is 0 Å². The van der Waals surface area contributed by atoms with Crippen molar-refractivity contribution < 1.29 is 33.7 Å². The van der Waals surface area contributed by atoms with Gasteiger partial charge in [0.05, 0.1) is 12.0 Å². The molecule has 0 heterocycles. The Balaban J connectivity index is 2.19. The second kappa shape index (κ2) is 11.0. The second-order valence-corrected chi connectivity index (χ2v) is 9.78. The lowest BCUT2D eigenvalue weighted by Crippen LogP contribution is -2.46. The fourth-order valence-electron chi connectivity index (χ4n) is 2.91. The number of carbonyl (C=O) groups is 3. The molecular weight excluding hydrogens is 438 g/mol. The average Bonchev–Trinajstić information content (AvgIpc) is 2.70. The number of ether oxygens (including phenoxy) is 3. The van der Waals surface area contributed by atoms with E-state index in [1.165, 1.54) is 12.1 Å². The molecule has 0 spiro atoms. The van der Waals surface area contributed by atoms with Crippen molar-refractivity contribution in [3.8, 4) is 11.5 Å². The Labute approximate surface area is 200 Å². The molecule has 0 fully saturated rings. The molecule has 2 rings (SSSR count). The Bertz CT molecular complexity index is 1000. The predicted molar refractivity (Wildman–Crippen MR) is 126 cm³/mol. The smallest absolute Gasteiger partial charge is 0.329 e. The summed E-state index contributed by atoms with van der Waals surface area (Å²) in [5, 5.41) is 13.1. The molecule has 184 valence electrons. The van der Waals surface area contributed by atoms with E-state index < -0.39 is 41.5 Å². The molecule has 0 aliphatic carbocycles. The van der Waals surface area contributed by atoms with E-state index in [2.05, 4.69) is 5.32 Å². The maximum atomic E-state index is 13.0. The predicted octanol–water partition coefficient (Wildman–Crippen LogP) is 4.14. The highest BCUT2D eigenvalue weighted by Gasteiger charge is 2.31. The van der Waals surface area contributed by atoms with E-state index in [1.54, 1.807) is 47.6 Å². The molecule has 0 unspecified atom stereocenters. The van der Waals surface area contributed by atoms with Gasteiger partial charge in [0, 0.05) is 0 Å². The van der Waals surface area contributed by atoms with Crippen molar-refractivity contribution in [2.45, 2.75) is 71.8 Å². The van der Waals surface area contributed by atoms with Crippen molar-refractivity contribution >= 4 is 17.8 Å². The number of aromatic hydroxyl groups is 1. The normalized spacial score (nSPS) is 12.4. The number of hydrogen-bond acceptors (Lipinski definition) is 7. The van der Waals surface area contributed by atoms with Crippen LogP contribution in [0.15, 0.2) is 48.5 Å². The largest absolute Gasteiger partial charge is 0.504 e. The van der Waals surface area contributed by atoms with Gasteiger partial charge in [0.15, 0.2) is 11.5 Å². The van der Waals surface area contributed by atoms with Crippen LogP contribution >= 0.6 is 0 Å². The Morgan fingerprint density at radius 1 is 0.882 bits per heavy atom. The zero-order chi connectivity index (χ0) is 25.5. The van der Waals surface area contributed by atoms with E-state index in [4.69, 9.17) is 14.2 Å². The lowest BCUT2D eigenvalue weighted by atomic mass is 10.1. The molecule has 8 nitrogen and oxygen atoms in total. The monoisotopic (exact) mass is 471 g/mol. The number of rotatable bonds is 8. The number of amides is 1. The van der Waals surface area contributed by atoms with Crippen molar-refractivity contribution in [2.75, 3.05) is 0 Å². The summed E-state index contributed by atoms with van der Waals surface area (Å²) < 4.78 is 16.3. The second-order valence-electron chi connectivity index (χ2n) is 9.78. The van der Waals surface area contributed by atoms with E-state index in [9.17, 15) is 19.5 Å². The number of nitrogens with one attached hydrogen (secondary N) is 1. The highest BCUT2D eigenvalue weighted by atomic mass is 16.6.